The van der Waals surface area contributed by atoms with E-state index in [1.54, 1.807) is 0 Å². The van der Waals surface area contributed by atoms with Gasteiger partial charge in [-0.2, -0.15) is 0 Å². The zero-order chi connectivity index (χ0) is 14.4. The largest absolute Gasteiger partial charge is 0.375 e. The van der Waals surface area contributed by atoms with E-state index in [9.17, 15) is 4.79 Å². The van der Waals surface area contributed by atoms with Gasteiger partial charge in [0.2, 0.25) is 5.91 Å². The summed E-state index contributed by atoms with van der Waals surface area (Å²) in [5, 5.41) is 5.25. The molecular formula is C15H19N3OS. The Morgan fingerprint density at radius 1 is 1.30 bits per heavy atom. The molecule has 0 fully saturated rings. The number of nitrogens with zero attached hydrogens (tertiary/aromatic N) is 1. The van der Waals surface area contributed by atoms with Gasteiger partial charge in [-0.15, -0.1) is 11.3 Å². The third-order valence-corrected chi connectivity index (χ3v) is 3.83. The molecule has 20 heavy (non-hydrogen) atoms. The molecule has 0 atom stereocenters. The number of aryl methyl sites for hydroxylation is 2. The fraction of sp³-hybridized carbons (Fsp3) is 0.333. The minimum atomic E-state index is 0.0381. The van der Waals surface area contributed by atoms with Gasteiger partial charge < -0.3 is 11.1 Å². The van der Waals surface area contributed by atoms with Crippen LogP contribution in [0, 0.1) is 0 Å². The molecular weight excluding hydrogens is 270 g/mol. The molecule has 106 valence electrons. The molecule has 4 nitrogen and oxygen atoms in total. The summed E-state index contributed by atoms with van der Waals surface area (Å²) in [7, 11) is 0. The highest BCUT2D eigenvalue weighted by Crippen LogP contribution is 2.11. The summed E-state index contributed by atoms with van der Waals surface area (Å²) in [5.74, 6) is 0.0381. The van der Waals surface area contributed by atoms with Crippen LogP contribution in [0.5, 0.6) is 0 Å². The van der Waals surface area contributed by atoms with E-state index in [0.717, 1.165) is 18.5 Å². The van der Waals surface area contributed by atoms with Crippen molar-refractivity contribution in [3.05, 3.63) is 46.5 Å². The monoisotopic (exact) mass is 289 g/mol. The fourth-order valence-corrected chi connectivity index (χ4v) is 2.44. The number of aromatic nitrogens is 1. The molecule has 2 rings (SSSR count). The molecule has 1 amide bonds. The van der Waals surface area contributed by atoms with Gasteiger partial charge in [-0.05, 0) is 24.0 Å². The van der Waals surface area contributed by atoms with Gasteiger partial charge in [0.25, 0.3) is 0 Å². The third kappa shape index (κ3) is 4.35. The number of nitrogens with two attached hydrogens (primary N) is 1. The van der Waals surface area contributed by atoms with E-state index >= 15 is 0 Å². The highest BCUT2D eigenvalue weighted by atomic mass is 32.1. The highest BCUT2D eigenvalue weighted by Gasteiger charge is 2.04. The van der Waals surface area contributed by atoms with Crippen molar-refractivity contribution in [1.29, 1.82) is 0 Å². The van der Waals surface area contributed by atoms with E-state index in [0.29, 0.717) is 18.1 Å². The Balaban J connectivity index is 1.74. The molecule has 5 heteroatoms. The van der Waals surface area contributed by atoms with Crippen LogP contribution in [0.1, 0.15) is 30.2 Å². The predicted molar refractivity (Wildman–Crippen MR) is 82.5 cm³/mol. The van der Waals surface area contributed by atoms with E-state index in [1.807, 2.05) is 5.38 Å². The lowest BCUT2D eigenvalue weighted by Crippen LogP contribution is -2.23. The topological polar surface area (TPSA) is 68.0 Å². The Hall–Kier alpha value is -1.88. The average Bonchev–Trinajstić information content (AvgIpc) is 2.89. The Bertz CT molecular complexity index is 563. The van der Waals surface area contributed by atoms with E-state index in [1.165, 1.54) is 22.5 Å². The summed E-state index contributed by atoms with van der Waals surface area (Å²) in [6, 6.07) is 8.41. The van der Waals surface area contributed by atoms with Crippen molar-refractivity contribution in [1.82, 2.24) is 10.3 Å². The molecule has 1 heterocycles. The molecule has 0 unspecified atom stereocenters. The molecule has 0 bridgehead atoms. The molecule has 0 spiro atoms. The Kier molecular flexibility index (Phi) is 5.12. The highest BCUT2D eigenvalue weighted by molar-refractivity contribution is 7.13. The summed E-state index contributed by atoms with van der Waals surface area (Å²) in [6.07, 6.45) is 2.29. The molecule has 1 aromatic heterocycles. The van der Waals surface area contributed by atoms with Gasteiger partial charge in [-0.3, -0.25) is 4.79 Å². The lowest BCUT2D eigenvalue weighted by atomic mass is 10.1. The second-order valence-electron chi connectivity index (χ2n) is 4.62. The van der Waals surface area contributed by atoms with Crippen LogP contribution in [0.4, 0.5) is 5.13 Å². The molecule has 0 aliphatic rings. The first-order valence-electron chi connectivity index (χ1n) is 6.71. The molecule has 3 N–H and O–H groups in total. The molecule has 0 saturated heterocycles. The van der Waals surface area contributed by atoms with Gasteiger partial charge in [-0.1, -0.05) is 31.2 Å². The molecule has 0 radical (unpaired) electrons. The number of hydrogen-bond acceptors (Lipinski definition) is 4. The molecule has 0 aliphatic carbocycles. The third-order valence-electron chi connectivity index (χ3n) is 3.11. The van der Waals surface area contributed by atoms with Crippen LogP contribution in [-0.2, 0) is 24.2 Å². The molecule has 0 aliphatic heterocycles. The van der Waals surface area contributed by atoms with Crippen LogP contribution < -0.4 is 11.1 Å². The zero-order valence-corrected chi connectivity index (χ0v) is 12.4. The van der Waals surface area contributed by atoms with E-state index in [-0.39, 0.29) is 5.91 Å². The first-order chi connectivity index (χ1) is 9.67. The molecule has 1 aromatic carbocycles. The van der Waals surface area contributed by atoms with E-state index in [2.05, 4.69) is 41.5 Å². The van der Waals surface area contributed by atoms with Crippen molar-refractivity contribution < 1.29 is 4.79 Å². The first-order valence-corrected chi connectivity index (χ1v) is 7.59. The number of nitrogen functional groups attached to an aromatic ring is 1. The van der Waals surface area contributed by atoms with E-state index < -0.39 is 0 Å². The normalized spacial score (nSPS) is 10.4. The zero-order valence-electron chi connectivity index (χ0n) is 11.6. The number of thiazole rings is 1. The summed E-state index contributed by atoms with van der Waals surface area (Å²) in [4.78, 5) is 15.9. The summed E-state index contributed by atoms with van der Waals surface area (Å²) in [6.45, 7) is 2.58. The lowest BCUT2D eigenvalue weighted by molar-refractivity contribution is -0.121. The van der Waals surface area contributed by atoms with Crippen LogP contribution in [0.2, 0.25) is 0 Å². The van der Waals surface area contributed by atoms with Crippen molar-refractivity contribution in [3.8, 4) is 0 Å². The van der Waals surface area contributed by atoms with Crippen LogP contribution >= 0.6 is 11.3 Å². The summed E-state index contributed by atoms with van der Waals surface area (Å²) in [5.41, 5.74) is 8.86. The molecule has 2 aromatic rings. The predicted octanol–water partition coefficient (Wildman–Crippen LogP) is 2.54. The number of carbonyl (C=O) groups is 1. The second-order valence-corrected chi connectivity index (χ2v) is 5.51. The SMILES string of the molecule is CCc1ccc(CCC(=O)NCc2csc(N)n2)cc1. The number of amides is 1. The van der Waals surface area contributed by atoms with Crippen LogP contribution in [-0.4, -0.2) is 10.9 Å². The van der Waals surface area contributed by atoms with Crippen LogP contribution in [0.3, 0.4) is 0 Å². The Morgan fingerprint density at radius 3 is 2.60 bits per heavy atom. The summed E-state index contributed by atoms with van der Waals surface area (Å²) < 4.78 is 0. The quantitative estimate of drug-likeness (QED) is 0.858. The standard InChI is InChI=1S/C15H19N3OS/c1-2-11-3-5-12(6-4-11)7-8-14(19)17-9-13-10-20-15(16)18-13/h3-6,10H,2,7-9H2,1H3,(H2,16,18)(H,17,19). The maximum atomic E-state index is 11.8. The van der Waals surface area contributed by atoms with Gasteiger partial charge in [0.15, 0.2) is 5.13 Å². The molecule has 0 saturated carbocycles. The van der Waals surface area contributed by atoms with Crippen molar-refractivity contribution in [3.63, 3.8) is 0 Å². The minimum Gasteiger partial charge on any atom is -0.375 e. The van der Waals surface area contributed by atoms with E-state index in [4.69, 9.17) is 5.73 Å². The number of benzene rings is 1. The van der Waals surface area contributed by atoms with Gasteiger partial charge in [0.05, 0.1) is 12.2 Å². The van der Waals surface area contributed by atoms with Gasteiger partial charge >= 0.3 is 0 Å². The number of nitrogens with one attached hydrogen (secondary N) is 1. The van der Waals surface area contributed by atoms with Gasteiger partial charge in [0.1, 0.15) is 0 Å². The number of carbonyl (C=O) groups excluding carboxylic acids is 1. The van der Waals surface area contributed by atoms with Gasteiger partial charge in [-0.25, -0.2) is 4.98 Å². The van der Waals surface area contributed by atoms with Crippen LogP contribution in [0.25, 0.3) is 0 Å². The summed E-state index contributed by atoms with van der Waals surface area (Å²) >= 11 is 1.39. The number of rotatable bonds is 6. The smallest absolute Gasteiger partial charge is 0.220 e. The van der Waals surface area contributed by atoms with Crippen molar-refractivity contribution >= 4 is 22.4 Å². The van der Waals surface area contributed by atoms with Crippen molar-refractivity contribution in [2.24, 2.45) is 0 Å². The maximum Gasteiger partial charge on any atom is 0.220 e. The second kappa shape index (κ2) is 7.05. The Morgan fingerprint density at radius 2 is 2.00 bits per heavy atom. The van der Waals surface area contributed by atoms with Crippen molar-refractivity contribution in [2.45, 2.75) is 32.7 Å². The number of hydrogen-bond donors (Lipinski definition) is 2. The lowest BCUT2D eigenvalue weighted by Gasteiger charge is -2.04. The fourth-order valence-electron chi connectivity index (χ4n) is 1.88. The first kappa shape index (κ1) is 14.5. The van der Waals surface area contributed by atoms with Crippen LogP contribution in [0.15, 0.2) is 29.6 Å². The number of anilines is 1. The van der Waals surface area contributed by atoms with Gasteiger partial charge in [0, 0.05) is 11.8 Å². The maximum absolute atomic E-state index is 11.8. The Labute approximate surface area is 123 Å². The minimum absolute atomic E-state index is 0.0381. The van der Waals surface area contributed by atoms with Crippen molar-refractivity contribution in [2.75, 3.05) is 5.73 Å². The average molecular weight is 289 g/mol.